The zero-order valence-electron chi connectivity index (χ0n) is 19.9. The number of aromatic nitrogens is 2. The fourth-order valence-corrected chi connectivity index (χ4v) is 4.40. The summed E-state index contributed by atoms with van der Waals surface area (Å²) in [5.74, 6) is -1.19. The number of hydrogen-bond acceptors (Lipinski definition) is 7. The number of carbonyl (C=O) groups excluding carboxylic acids is 1. The number of aliphatic carboxylic acids is 1. The number of carbonyl (C=O) groups is 2. The van der Waals surface area contributed by atoms with Crippen LogP contribution in [0.2, 0.25) is 0 Å². The first kappa shape index (κ1) is 28.2. The molecule has 0 aliphatic carbocycles. The Morgan fingerprint density at radius 2 is 1.80 bits per heavy atom. The Morgan fingerprint density at radius 1 is 1.14 bits per heavy atom. The van der Waals surface area contributed by atoms with Gasteiger partial charge in [-0.3, -0.25) is 19.4 Å². The molecule has 0 atom stereocenters. The molecule has 188 valence electrons. The normalized spacial score (nSPS) is 10.7. The smallest absolute Gasteiger partial charge is 0.317 e. The summed E-state index contributed by atoms with van der Waals surface area (Å²) in [6.45, 7) is 6.77. The number of carboxylic acid groups (broad SMARTS) is 1. The van der Waals surface area contributed by atoms with Gasteiger partial charge in [0.05, 0.1) is 12.1 Å². The SMILES string of the molecule is CCN(C(=O)c1ccccc1F)c1nnc(-c2cc(C)c(OCCN(C)CC(=O)O)c(C)c2)s1.Cl. The molecular weight excluding hydrogens is 495 g/mol. The molecule has 3 aromatic rings. The van der Waals surface area contributed by atoms with Gasteiger partial charge in [0.15, 0.2) is 0 Å². The molecule has 0 spiro atoms. The summed E-state index contributed by atoms with van der Waals surface area (Å²) in [7, 11) is 1.73. The lowest BCUT2D eigenvalue weighted by Gasteiger charge is -2.17. The number of carboxylic acids is 1. The molecule has 1 amide bonds. The molecule has 0 saturated carbocycles. The second-order valence-corrected chi connectivity index (χ2v) is 8.79. The molecule has 8 nitrogen and oxygen atoms in total. The van der Waals surface area contributed by atoms with Crippen molar-refractivity contribution in [2.75, 3.05) is 38.2 Å². The van der Waals surface area contributed by atoms with Gasteiger partial charge in [-0.15, -0.1) is 22.6 Å². The lowest BCUT2D eigenvalue weighted by molar-refractivity contribution is -0.138. The predicted molar refractivity (Wildman–Crippen MR) is 136 cm³/mol. The van der Waals surface area contributed by atoms with Crippen LogP contribution in [-0.2, 0) is 4.79 Å². The van der Waals surface area contributed by atoms with Crippen LogP contribution in [0, 0.1) is 19.7 Å². The molecule has 0 unspecified atom stereocenters. The minimum atomic E-state index is -0.882. The molecule has 0 saturated heterocycles. The standard InChI is InChI=1S/C24H27FN4O4S.ClH/c1-5-29(23(32)18-8-6-7-9-19(18)25)24-27-26-22(34-24)17-12-15(2)21(16(3)13-17)33-11-10-28(4)14-20(30)31;/h6-9,12-13H,5,10-11,14H2,1-4H3,(H,30,31);1H. The van der Waals surface area contributed by atoms with E-state index in [0.29, 0.717) is 29.8 Å². The van der Waals surface area contributed by atoms with Gasteiger partial charge in [-0.25, -0.2) is 4.39 Å². The minimum Gasteiger partial charge on any atom is -0.492 e. The summed E-state index contributed by atoms with van der Waals surface area (Å²) in [6, 6.07) is 9.73. The molecule has 1 aromatic heterocycles. The zero-order valence-corrected chi connectivity index (χ0v) is 21.6. The Kier molecular flexibility index (Phi) is 10.1. The number of benzene rings is 2. The predicted octanol–water partition coefficient (Wildman–Crippen LogP) is 4.44. The number of aryl methyl sites for hydroxylation is 2. The molecule has 0 radical (unpaired) electrons. The van der Waals surface area contributed by atoms with E-state index in [4.69, 9.17) is 9.84 Å². The van der Waals surface area contributed by atoms with Crippen LogP contribution in [0.25, 0.3) is 10.6 Å². The highest BCUT2D eigenvalue weighted by Crippen LogP contribution is 2.34. The van der Waals surface area contributed by atoms with Crippen molar-refractivity contribution in [1.82, 2.24) is 15.1 Å². The zero-order chi connectivity index (χ0) is 24.8. The van der Waals surface area contributed by atoms with Crippen molar-refractivity contribution in [1.29, 1.82) is 0 Å². The largest absolute Gasteiger partial charge is 0.492 e. The number of ether oxygens (including phenoxy) is 1. The van der Waals surface area contributed by atoms with Gasteiger partial charge in [-0.1, -0.05) is 23.5 Å². The van der Waals surface area contributed by atoms with Gasteiger partial charge in [0, 0.05) is 18.7 Å². The third kappa shape index (κ3) is 6.97. The van der Waals surface area contributed by atoms with E-state index in [1.165, 1.54) is 34.4 Å². The van der Waals surface area contributed by atoms with E-state index in [-0.39, 0.29) is 24.5 Å². The topological polar surface area (TPSA) is 95.9 Å². The fourth-order valence-electron chi connectivity index (χ4n) is 3.50. The van der Waals surface area contributed by atoms with Gasteiger partial charge in [0.2, 0.25) is 5.13 Å². The molecule has 11 heteroatoms. The highest BCUT2D eigenvalue weighted by molar-refractivity contribution is 7.18. The van der Waals surface area contributed by atoms with Crippen LogP contribution in [0.4, 0.5) is 9.52 Å². The third-order valence-electron chi connectivity index (χ3n) is 5.14. The van der Waals surface area contributed by atoms with Gasteiger partial charge in [0.25, 0.3) is 5.91 Å². The molecule has 0 bridgehead atoms. The van der Waals surface area contributed by atoms with E-state index in [1.807, 2.05) is 26.0 Å². The summed E-state index contributed by atoms with van der Waals surface area (Å²) in [4.78, 5) is 26.7. The first-order valence-electron chi connectivity index (χ1n) is 10.8. The first-order valence-corrected chi connectivity index (χ1v) is 11.6. The summed E-state index contributed by atoms with van der Waals surface area (Å²) >= 11 is 1.26. The fraction of sp³-hybridized carbons (Fsp3) is 0.333. The molecule has 0 aliphatic rings. The van der Waals surface area contributed by atoms with Crippen LogP contribution < -0.4 is 9.64 Å². The van der Waals surface area contributed by atoms with Crippen LogP contribution in [0.1, 0.15) is 28.4 Å². The van der Waals surface area contributed by atoms with E-state index in [1.54, 1.807) is 24.9 Å². The molecule has 35 heavy (non-hydrogen) atoms. The van der Waals surface area contributed by atoms with Crippen LogP contribution in [0.5, 0.6) is 5.75 Å². The van der Waals surface area contributed by atoms with Crippen LogP contribution >= 0.6 is 23.7 Å². The number of amides is 1. The van der Waals surface area contributed by atoms with Gasteiger partial charge in [0.1, 0.15) is 23.2 Å². The van der Waals surface area contributed by atoms with E-state index in [0.717, 1.165) is 22.4 Å². The van der Waals surface area contributed by atoms with E-state index in [9.17, 15) is 14.0 Å². The van der Waals surface area contributed by atoms with Gasteiger partial charge < -0.3 is 9.84 Å². The van der Waals surface area contributed by atoms with Crippen molar-refractivity contribution in [3.63, 3.8) is 0 Å². The number of nitrogens with zero attached hydrogens (tertiary/aromatic N) is 4. The minimum absolute atomic E-state index is 0. The summed E-state index contributed by atoms with van der Waals surface area (Å²) in [6.07, 6.45) is 0. The van der Waals surface area contributed by atoms with Crippen molar-refractivity contribution in [2.45, 2.75) is 20.8 Å². The quantitative estimate of drug-likeness (QED) is 0.420. The third-order valence-corrected chi connectivity index (χ3v) is 6.14. The number of anilines is 1. The molecule has 1 heterocycles. The average Bonchev–Trinajstić information content (AvgIpc) is 3.25. The van der Waals surface area contributed by atoms with Crippen LogP contribution in [-0.4, -0.2) is 65.4 Å². The molecule has 0 fully saturated rings. The molecule has 1 N–H and O–H groups in total. The number of rotatable bonds is 10. The van der Waals surface area contributed by atoms with Gasteiger partial charge in [-0.2, -0.15) is 0 Å². The molecule has 0 aliphatic heterocycles. The van der Waals surface area contributed by atoms with Crippen molar-refractivity contribution in [3.05, 3.63) is 58.9 Å². The monoisotopic (exact) mass is 522 g/mol. The lowest BCUT2D eigenvalue weighted by atomic mass is 10.1. The number of hydrogen-bond donors (Lipinski definition) is 1. The summed E-state index contributed by atoms with van der Waals surface area (Å²) < 4.78 is 20.0. The lowest BCUT2D eigenvalue weighted by Crippen LogP contribution is -2.31. The van der Waals surface area contributed by atoms with Gasteiger partial charge in [-0.05, 0) is 63.2 Å². The molecule has 2 aromatic carbocycles. The highest BCUT2D eigenvalue weighted by atomic mass is 35.5. The maximum atomic E-state index is 14.1. The maximum Gasteiger partial charge on any atom is 0.317 e. The Hall–Kier alpha value is -3.08. The highest BCUT2D eigenvalue weighted by Gasteiger charge is 2.23. The Labute approximate surface area is 213 Å². The molecular formula is C24H28ClFN4O4S. The van der Waals surface area contributed by atoms with Crippen LogP contribution in [0.15, 0.2) is 36.4 Å². The Balaban J connectivity index is 0.00000432. The summed E-state index contributed by atoms with van der Waals surface area (Å²) in [5.41, 5.74) is 2.64. The second-order valence-electron chi connectivity index (χ2n) is 7.84. The average molecular weight is 523 g/mol. The van der Waals surface area contributed by atoms with Crippen molar-refractivity contribution in [2.24, 2.45) is 0 Å². The van der Waals surface area contributed by atoms with Crippen LogP contribution in [0.3, 0.4) is 0 Å². The van der Waals surface area contributed by atoms with Gasteiger partial charge >= 0.3 is 5.97 Å². The summed E-state index contributed by atoms with van der Waals surface area (Å²) in [5, 5.41) is 18.3. The first-order chi connectivity index (χ1) is 16.2. The second kappa shape index (κ2) is 12.6. The van der Waals surface area contributed by atoms with Crippen molar-refractivity contribution in [3.8, 4) is 16.3 Å². The van der Waals surface area contributed by atoms with E-state index >= 15 is 0 Å². The van der Waals surface area contributed by atoms with Crippen molar-refractivity contribution >= 4 is 40.8 Å². The number of likely N-dealkylation sites (N-methyl/N-ethyl adjacent to an activating group) is 1. The number of halogens is 2. The Morgan fingerprint density at radius 3 is 2.40 bits per heavy atom. The van der Waals surface area contributed by atoms with E-state index in [2.05, 4.69) is 10.2 Å². The van der Waals surface area contributed by atoms with Crippen molar-refractivity contribution < 1.29 is 23.8 Å². The maximum absolute atomic E-state index is 14.1. The Bertz CT molecular complexity index is 1170. The molecule has 3 rings (SSSR count). The van der Waals surface area contributed by atoms with E-state index < -0.39 is 17.7 Å².